The number of aromatic carboxylic acids is 1. The summed E-state index contributed by atoms with van der Waals surface area (Å²) < 4.78 is 13.2. The molecule has 2 aromatic heterocycles. The SMILES string of the molecule is O=C(O)c1ccc2nc(N3CCCC4(CC(OCc5c(-c6c(Cl)cccc6Cl)noc5C5CC5)C4)C3)sc2c1. The summed E-state index contributed by atoms with van der Waals surface area (Å²) in [6, 6.07) is 10.6. The molecule has 1 spiro atoms. The van der Waals surface area contributed by atoms with E-state index in [9.17, 15) is 9.90 Å². The Balaban J connectivity index is 1.04. The molecule has 0 unspecified atom stereocenters. The maximum atomic E-state index is 11.4. The van der Waals surface area contributed by atoms with Gasteiger partial charge in [0.05, 0.1) is 38.5 Å². The van der Waals surface area contributed by atoms with Crippen LogP contribution in [-0.4, -0.2) is 40.4 Å². The third kappa shape index (κ3) is 4.71. The standard InChI is InChI=1S/C29H27Cl2N3O4S/c30-20-3-1-4-21(31)24(20)25-19(26(38-33-25)16-5-6-16)14-37-18-12-29(13-18)9-2-10-34(15-29)28-32-22-8-7-17(27(35)36)11-23(22)39-28/h1,3-4,7-8,11,16,18H,2,5-6,9-10,12-15H2,(H,35,36). The van der Waals surface area contributed by atoms with Crippen LogP contribution in [-0.2, 0) is 11.3 Å². The molecule has 2 aliphatic carbocycles. The molecule has 7 nitrogen and oxygen atoms in total. The Morgan fingerprint density at radius 3 is 2.74 bits per heavy atom. The number of thiazole rings is 1. The highest BCUT2D eigenvalue weighted by Crippen LogP contribution is 2.51. The lowest BCUT2D eigenvalue weighted by molar-refractivity contribution is -0.0931. The minimum Gasteiger partial charge on any atom is -0.478 e. The summed E-state index contributed by atoms with van der Waals surface area (Å²) in [7, 11) is 0. The number of nitrogens with zero attached hydrogens (tertiary/aromatic N) is 3. The number of fused-ring (bicyclic) bond motifs is 1. The Hall–Kier alpha value is -2.65. The minimum absolute atomic E-state index is 0.176. The van der Waals surface area contributed by atoms with Gasteiger partial charge in [0.2, 0.25) is 0 Å². The first-order valence-corrected chi connectivity index (χ1v) is 14.9. The number of rotatable bonds is 7. The fraction of sp³-hybridized carbons (Fsp3) is 0.414. The second-order valence-corrected chi connectivity index (χ2v) is 12.9. The van der Waals surface area contributed by atoms with Gasteiger partial charge in [-0.2, -0.15) is 0 Å². The van der Waals surface area contributed by atoms with Gasteiger partial charge in [-0.1, -0.05) is 45.8 Å². The van der Waals surface area contributed by atoms with Crippen molar-refractivity contribution >= 4 is 55.9 Å². The Labute approximate surface area is 239 Å². The molecule has 0 atom stereocenters. The van der Waals surface area contributed by atoms with Gasteiger partial charge in [0, 0.05) is 30.1 Å². The van der Waals surface area contributed by atoms with E-state index in [2.05, 4.69) is 10.1 Å². The van der Waals surface area contributed by atoms with Crippen molar-refractivity contribution in [3.8, 4) is 11.3 Å². The van der Waals surface area contributed by atoms with Crippen molar-refractivity contribution < 1.29 is 19.2 Å². The van der Waals surface area contributed by atoms with Crippen LogP contribution in [0, 0.1) is 5.41 Å². The molecule has 0 bridgehead atoms. The zero-order valence-corrected chi connectivity index (χ0v) is 23.5. The molecule has 0 radical (unpaired) electrons. The van der Waals surface area contributed by atoms with Gasteiger partial charge in [-0.15, -0.1) is 0 Å². The zero-order valence-electron chi connectivity index (χ0n) is 21.2. The maximum Gasteiger partial charge on any atom is 0.335 e. The number of piperidine rings is 1. The van der Waals surface area contributed by atoms with Crippen molar-refractivity contribution in [3.05, 3.63) is 63.3 Å². The molecule has 202 valence electrons. The molecule has 3 heterocycles. The lowest BCUT2D eigenvalue weighted by Crippen LogP contribution is -2.53. The Kier molecular flexibility index (Phi) is 6.34. The molecule has 1 saturated heterocycles. The van der Waals surface area contributed by atoms with E-state index in [1.165, 1.54) is 6.42 Å². The largest absolute Gasteiger partial charge is 0.478 e. The van der Waals surface area contributed by atoms with E-state index in [0.29, 0.717) is 39.4 Å². The first-order chi connectivity index (χ1) is 18.9. The van der Waals surface area contributed by atoms with Gasteiger partial charge in [0.25, 0.3) is 0 Å². The minimum atomic E-state index is -0.915. The van der Waals surface area contributed by atoms with E-state index in [0.717, 1.165) is 71.9 Å². The molecule has 0 amide bonds. The number of hydrogen-bond donors (Lipinski definition) is 1. The van der Waals surface area contributed by atoms with Crippen molar-refractivity contribution in [2.45, 2.75) is 57.2 Å². The van der Waals surface area contributed by atoms with Crippen LogP contribution in [0.2, 0.25) is 10.0 Å². The summed E-state index contributed by atoms with van der Waals surface area (Å²) in [4.78, 5) is 18.5. The van der Waals surface area contributed by atoms with Crippen LogP contribution in [0.1, 0.15) is 66.1 Å². The summed E-state index contributed by atoms with van der Waals surface area (Å²) in [5.41, 5.74) is 3.72. The first-order valence-electron chi connectivity index (χ1n) is 13.3. The number of anilines is 1. The normalized spacial score (nSPS) is 22.9. The van der Waals surface area contributed by atoms with Crippen LogP contribution >= 0.6 is 34.5 Å². The van der Waals surface area contributed by atoms with E-state index >= 15 is 0 Å². The summed E-state index contributed by atoms with van der Waals surface area (Å²) in [6.45, 7) is 2.34. The number of ether oxygens (including phenoxy) is 1. The van der Waals surface area contributed by atoms with Crippen LogP contribution in [0.4, 0.5) is 5.13 Å². The van der Waals surface area contributed by atoms with Gasteiger partial charge in [-0.25, -0.2) is 9.78 Å². The summed E-state index contributed by atoms with van der Waals surface area (Å²) in [5, 5.41) is 15.8. The van der Waals surface area contributed by atoms with Crippen LogP contribution < -0.4 is 4.90 Å². The van der Waals surface area contributed by atoms with Crippen LogP contribution in [0.25, 0.3) is 21.5 Å². The highest BCUT2D eigenvalue weighted by Gasteiger charge is 2.48. The van der Waals surface area contributed by atoms with Crippen molar-refractivity contribution in [2.75, 3.05) is 18.0 Å². The molecular formula is C29H27Cl2N3O4S. The average Bonchev–Trinajstić information content (AvgIpc) is 3.52. The number of carboxylic acids is 1. The highest BCUT2D eigenvalue weighted by molar-refractivity contribution is 7.22. The Bertz CT molecular complexity index is 1550. The first kappa shape index (κ1) is 25.3. The quantitative estimate of drug-likeness (QED) is 0.237. The lowest BCUT2D eigenvalue weighted by atomic mass is 9.62. The van der Waals surface area contributed by atoms with Crippen molar-refractivity contribution in [1.82, 2.24) is 10.1 Å². The molecule has 2 saturated carbocycles. The van der Waals surface area contributed by atoms with Crippen LogP contribution in [0.5, 0.6) is 0 Å². The molecule has 3 aliphatic rings. The highest BCUT2D eigenvalue weighted by atomic mass is 35.5. The third-order valence-electron chi connectivity index (χ3n) is 8.31. The van der Waals surface area contributed by atoms with E-state index in [-0.39, 0.29) is 11.5 Å². The van der Waals surface area contributed by atoms with Gasteiger partial charge < -0.3 is 19.3 Å². The monoisotopic (exact) mass is 583 g/mol. The van der Waals surface area contributed by atoms with Crippen molar-refractivity contribution in [2.24, 2.45) is 5.41 Å². The van der Waals surface area contributed by atoms with Gasteiger partial charge in [-0.05, 0) is 74.3 Å². The number of hydrogen-bond acceptors (Lipinski definition) is 7. The fourth-order valence-corrected chi connectivity index (χ4v) is 7.76. The molecule has 10 heteroatoms. The van der Waals surface area contributed by atoms with E-state index < -0.39 is 5.97 Å². The number of aromatic nitrogens is 2. The van der Waals surface area contributed by atoms with Gasteiger partial charge in [0.1, 0.15) is 11.5 Å². The predicted octanol–water partition coefficient (Wildman–Crippen LogP) is 7.80. The fourth-order valence-electron chi connectivity index (χ4n) is 6.16. The molecule has 3 fully saturated rings. The second-order valence-electron chi connectivity index (χ2n) is 11.1. The van der Waals surface area contributed by atoms with E-state index in [1.807, 2.05) is 18.2 Å². The van der Waals surface area contributed by atoms with Crippen molar-refractivity contribution in [3.63, 3.8) is 0 Å². The third-order valence-corrected chi connectivity index (χ3v) is 10.0. The van der Waals surface area contributed by atoms with Crippen LogP contribution in [0.3, 0.4) is 0 Å². The van der Waals surface area contributed by atoms with E-state index in [4.69, 9.17) is 37.4 Å². The van der Waals surface area contributed by atoms with Gasteiger partial charge >= 0.3 is 5.97 Å². The number of benzene rings is 2. The average molecular weight is 585 g/mol. The number of carboxylic acid groups (broad SMARTS) is 1. The summed E-state index contributed by atoms with van der Waals surface area (Å²) in [6.07, 6.45) is 6.67. The Morgan fingerprint density at radius 1 is 1.21 bits per heavy atom. The van der Waals surface area contributed by atoms with E-state index in [1.54, 1.807) is 29.5 Å². The van der Waals surface area contributed by atoms with Gasteiger partial charge in [-0.3, -0.25) is 0 Å². The number of halogens is 2. The molecule has 7 rings (SSSR count). The molecule has 4 aromatic rings. The second kappa shape index (κ2) is 9.77. The topological polar surface area (TPSA) is 88.7 Å². The smallest absolute Gasteiger partial charge is 0.335 e. The van der Waals surface area contributed by atoms with Gasteiger partial charge in [0.15, 0.2) is 5.13 Å². The van der Waals surface area contributed by atoms with Crippen LogP contribution in [0.15, 0.2) is 40.9 Å². The maximum absolute atomic E-state index is 11.4. The lowest BCUT2D eigenvalue weighted by Gasteiger charge is -2.52. The molecule has 1 N–H and O–H groups in total. The molecular weight excluding hydrogens is 557 g/mol. The van der Waals surface area contributed by atoms with Crippen molar-refractivity contribution in [1.29, 1.82) is 0 Å². The Morgan fingerprint density at radius 2 is 2.00 bits per heavy atom. The zero-order chi connectivity index (χ0) is 26.7. The molecule has 39 heavy (non-hydrogen) atoms. The summed E-state index contributed by atoms with van der Waals surface area (Å²) >= 11 is 14.6. The predicted molar refractivity (Wildman–Crippen MR) is 152 cm³/mol. The molecule has 1 aliphatic heterocycles. The summed E-state index contributed by atoms with van der Waals surface area (Å²) in [5.74, 6) is 0.383. The molecule has 2 aromatic carbocycles. The number of carbonyl (C=O) groups is 1.